The first-order valence-electron chi connectivity index (χ1n) is 24.0. The Hall–Kier alpha value is -6.44. The van der Waals surface area contributed by atoms with Crippen molar-refractivity contribution in [3.05, 3.63) is 182 Å². The van der Waals surface area contributed by atoms with Crippen LogP contribution in [0.15, 0.2) is 186 Å². The topological polar surface area (TPSA) is 13.1 Å². The van der Waals surface area contributed by atoms with Gasteiger partial charge in [0.1, 0.15) is 11.2 Å². The lowest BCUT2D eigenvalue weighted by atomic mass is 9.85. The SMILES string of the molecule is [2H]c1c([2H])c([2H])c(-c2c([2H])c([2H])c([2H])c3c2oc2c([2H])c([2H])c(-c4c([2H])c([2H])c5c([2H])c(-c6c7ccccc7c(-c7ccccc7)c7ccccc67)c([2H])c([2H])c5c4[2H])c([2H])c23)c([2H])c1[2H]. The fourth-order valence-electron chi connectivity index (χ4n) is 6.54. The molecular formula is C48H30O. The Kier molecular flexibility index (Phi) is 3.54. The number of hydrogen-bond acceptors (Lipinski definition) is 1. The van der Waals surface area contributed by atoms with E-state index in [1.807, 2.05) is 78.9 Å². The molecule has 0 bridgehead atoms. The van der Waals surface area contributed by atoms with Gasteiger partial charge in [0.2, 0.25) is 0 Å². The molecule has 10 aromatic rings. The maximum Gasteiger partial charge on any atom is 0.143 e. The molecule has 1 heteroatoms. The zero-order valence-corrected chi connectivity index (χ0v) is 25.4. The van der Waals surface area contributed by atoms with Crippen molar-refractivity contribution in [2.45, 2.75) is 0 Å². The Balaban J connectivity index is 1.29. The van der Waals surface area contributed by atoms with E-state index in [9.17, 15) is 9.60 Å². The van der Waals surface area contributed by atoms with Crippen LogP contribution in [-0.4, -0.2) is 0 Å². The standard InChI is InChI=1S/C48H30O/c1-3-12-31(13-4-1)38-20-11-21-43-44-30-36(26-27-45(44)49-48(38)43)34-22-23-35-29-37(25-24-33(35)28-34)47-41-18-9-7-16-39(41)46(32-14-5-2-6-15-32)40-17-8-10-19-42(40)47/h1-30H/i1D,3D,4D,11D,12D,13D,20D,21D,22D,23D,24D,25D,26D,27D,28D,29D,30D. The molecule has 0 amide bonds. The van der Waals surface area contributed by atoms with Crippen molar-refractivity contribution in [1.29, 1.82) is 0 Å². The molecule has 1 nitrogen and oxygen atoms in total. The molecule has 0 aliphatic rings. The summed E-state index contributed by atoms with van der Waals surface area (Å²) in [7, 11) is 0. The van der Waals surface area contributed by atoms with E-state index in [4.69, 9.17) is 18.1 Å². The zero-order chi connectivity index (χ0) is 47.1. The molecule has 0 fully saturated rings. The molecule has 49 heavy (non-hydrogen) atoms. The smallest absolute Gasteiger partial charge is 0.143 e. The van der Waals surface area contributed by atoms with Gasteiger partial charge in [-0.2, -0.15) is 0 Å². The lowest BCUT2D eigenvalue weighted by Gasteiger charge is -2.18. The highest BCUT2D eigenvalue weighted by Gasteiger charge is 2.17. The van der Waals surface area contributed by atoms with Crippen LogP contribution in [-0.2, 0) is 0 Å². The van der Waals surface area contributed by atoms with E-state index in [0.29, 0.717) is 16.3 Å². The predicted molar refractivity (Wildman–Crippen MR) is 208 cm³/mol. The first-order chi connectivity index (χ1) is 31.4. The minimum Gasteiger partial charge on any atom is -0.455 e. The molecule has 0 aliphatic heterocycles. The summed E-state index contributed by atoms with van der Waals surface area (Å²) in [4.78, 5) is 0. The third-order valence-electron chi connectivity index (χ3n) is 8.68. The fourth-order valence-corrected chi connectivity index (χ4v) is 6.54. The molecule has 10 rings (SSSR count). The van der Waals surface area contributed by atoms with Crippen LogP contribution >= 0.6 is 0 Å². The normalized spacial score (nSPS) is 16.5. The van der Waals surface area contributed by atoms with E-state index >= 15 is 0 Å². The summed E-state index contributed by atoms with van der Waals surface area (Å²) in [5.41, 5.74) is -0.785. The lowest BCUT2D eigenvalue weighted by Crippen LogP contribution is -1.90. The average Bonchev–Trinajstić information content (AvgIpc) is 3.72. The molecule has 0 spiro atoms. The molecule has 9 aromatic carbocycles. The highest BCUT2D eigenvalue weighted by molar-refractivity contribution is 6.21. The minimum absolute atomic E-state index is 0.000455. The lowest BCUT2D eigenvalue weighted by molar-refractivity contribution is 0.670. The number of fused-ring (bicyclic) bond motifs is 6. The van der Waals surface area contributed by atoms with Crippen LogP contribution in [0.3, 0.4) is 0 Å². The van der Waals surface area contributed by atoms with E-state index in [1.165, 1.54) is 0 Å². The largest absolute Gasteiger partial charge is 0.455 e. The van der Waals surface area contributed by atoms with E-state index in [1.54, 1.807) is 0 Å². The van der Waals surface area contributed by atoms with Gasteiger partial charge in [-0.25, -0.2) is 0 Å². The Labute approximate surface area is 308 Å². The van der Waals surface area contributed by atoms with Gasteiger partial charge in [-0.05, 0) is 95.4 Å². The molecule has 0 saturated heterocycles. The van der Waals surface area contributed by atoms with Gasteiger partial charge < -0.3 is 4.42 Å². The maximum absolute atomic E-state index is 9.69. The van der Waals surface area contributed by atoms with Crippen molar-refractivity contribution in [2.75, 3.05) is 0 Å². The monoisotopic (exact) mass is 639 g/mol. The van der Waals surface area contributed by atoms with Crippen LogP contribution in [0.25, 0.3) is 98.8 Å². The fraction of sp³-hybridized carbons (Fsp3) is 0. The van der Waals surface area contributed by atoms with Gasteiger partial charge in [0.15, 0.2) is 0 Å². The van der Waals surface area contributed by atoms with Gasteiger partial charge in [0.05, 0.1) is 23.3 Å². The van der Waals surface area contributed by atoms with Crippen molar-refractivity contribution in [2.24, 2.45) is 0 Å². The first-order valence-corrected chi connectivity index (χ1v) is 15.5. The molecule has 0 aliphatic carbocycles. The molecule has 0 N–H and O–H groups in total. The number of benzene rings is 9. The highest BCUT2D eigenvalue weighted by Crippen LogP contribution is 2.44. The van der Waals surface area contributed by atoms with E-state index in [0.717, 1.165) is 21.9 Å². The molecular weight excluding hydrogens is 593 g/mol. The van der Waals surface area contributed by atoms with Crippen LogP contribution in [0.2, 0.25) is 0 Å². The molecule has 0 unspecified atom stereocenters. The summed E-state index contributed by atoms with van der Waals surface area (Å²) in [6, 6.07) is 13.2. The molecule has 228 valence electrons. The Morgan fingerprint density at radius 3 is 1.63 bits per heavy atom. The third-order valence-corrected chi connectivity index (χ3v) is 8.68. The second-order valence-electron chi connectivity index (χ2n) is 11.5. The molecule has 0 atom stereocenters. The maximum atomic E-state index is 9.69. The number of rotatable bonds is 4. The van der Waals surface area contributed by atoms with Gasteiger partial charge in [-0.15, -0.1) is 0 Å². The van der Waals surface area contributed by atoms with Crippen molar-refractivity contribution in [3.63, 3.8) is 0 Å². The summed E-state index contributed by atoms with van der Waals surface area (Å²) in [5.74, 6) is 0. The molecule has 0 radical (unpaired) electrons. The van der Waals surface area contributed by atoms with E-state index in [-0.39, 0.29) is 27.1 Å². The second-order valence-corrected chi connectivity index (χ2v) is 11.5. The number of furan rings is 1. The van der Waals surface area contributed by atoms with Crippen LogP contribution in [0.5, 0.6) is 0 Å². The highest BCUT2D eigenvalue weighted by atomic mass is 16.3. The Bertz CT molecular complexity index is 3760. The van der Waals surface area contributed by atoms with Gasteiger partial charge in [0, 0.05) is 16.3 Å². The van der Waals surface area contributed by atoms with Crippen molar-refractivity contribution >= 4 is 54.3 Å². The zero-order valence-electron chi connectivity index (χ0n) is 42.4. The quantitative estimate of drug-likeness (QED) is 0.175. The Morgan fingerprint density at radius 2 is 0.939 bits per heavy atom. The van der Waals surface area contributed by atoms with Crippen molar-refractivity contribution in [3.8, 4) is 44.5 Å². The van der Waals surface area contributed by atoms with Crippen molar-refractivity contribution < 1.29 is 27.7 Å². The van der Waals surface area contributed by atoms with Crippen LogP contribution in [0.4, 0.5) is 0 Å². The number of para-hydroxylation sites is 1. The predicted octanol–water partition coefficient (Wildman–Crippen LogP) is 13.7. The van der Waals surface area contributed by atoms with Gasteiger partial charge in [0.25, 0.3) is 0 Å². The first kappa shape index (κ1) is 15.6. The Morgan fingerprint density at radius 1 is 0.367 bits per heavy atom. The van der Waals surface area contributed by atoms with Crippen molar-refractivity contribution in [1.82, 2.24) is 0 Å². The summed E-state index contributed by atoms with van der Waals surface area (Å²) < 4.78 is 159. The van der Waals surface area contributed by atoms with E-state index in [2.05, 4.69) is 0 Å². The third kappa shape index (κ3) is 4.47. The molecule has 1 heterocycles. The summed E-state index contributed by atoms with van der Waals surface area (Å²) in [6.45, 7) is 0. The summed E-state index contributed by atoms with van der Waals surface area (Å²) >= 11 is 0. The molecule has 0 saturated carbocycles. The van der Waals surface area contributed by atoms with Gasteiger partial charge in [-0.1, -0.05) is 157 Å². The minimum atomic E-state index is -0.771. The van der Waals surface area contributed by atoms with Crippen LogP contribution in [0.1, 0.15) is 23.3 Å². The average molecular weight is 640 g/mol. The van der Waals surface area contributed by atoms with Crippen LogP contribution in [0, 0.1) is 0 Å². The van der Waals surface area contributed by atoms with Gasteiger partial charge in [-0.3, -0.25) is 0 Å². The van der Waals surface area contributed by atoms with E-state index < -0.39 is 136 Å². The summed E-state index contributed by atoms with van der Waals surface area (Å²) in [6.07, 6.45) is 0. The van der Waals surface area contributed by atoms with Gasteiger partial charge >= 0.3 is 0 Å². The number of hydrogen-bond donors (Lipinski definition) is 0. The molecule has 1 aromatic heterocycles. The second kappa shape index (κ2) is 11.1. The van der Waals surface area contributed by atoms with Crippen LogP contribution < -0.4 is 0 Å². The summed E-state index contributed by atoms with van der Waals surface area (Å²) in [5, 5.41) is 1.52.